The summed E-state index contributed by atoms with van der Waals surface area (Å²) in [6, 6.07) is 15.3. The smallest absolute Gasteiger partial charge is 0.264 e. The number of rotatable bonds is 11. The number of hydrogen-bond donors (Lipinski definition) is 1. The minimum atomic E-state index is -0.305. The van der Waals surface area contributed by atoms with Crippen molar-refractivity contribution in [3.8, 4) is 28.7 Å². The van der Waals surface area contributed by atoms with Crippen molar-refractivity contribution in [2.24, 2.45) is 0 Å². The summed E-state index contributed by atoms with van der Waals surface area (Å²) in [7, 11) is 6.27. The fourth-order valence-corrected chi connectivity index (χ4v) is 4.79. The number of hydrogen-bond acceptors (Lipinski definition) is 8. The van der Waals surface area contributed by atoms with Crippen molar-refractivity contribution in [2.45, 2.75) is 13.3 Å². The van der Waals surface area contributed by atoms with Crippen LogP contribution in [-0.4, -0.2) is 45.9 Å². The third kappa shape index (κ3) is 6.18. The number of benzene rings is 3. The molecule has 4 rings (SSSR count). The highest BCUT2D eigenvalue weighted by molar-refractivity contribution is 7.22. The van der Waals surface area contributed by atoms with E-state index in [0.717, 1.165) is 27.8 Å². The van der Waals surface area contributed by atoms with Crippen LogP contribution in [0.1, 0.15) is 23.6 Å². The topological polar surface area (TPSA) is 88.1 Å². The summed E-state index contributed by atoms with van der Waals surface area (Å²) in [4.78, 5) is 17.1. The first kappa shape index (κ1) is 26.8. The Labute approximate surface area is 225 Å². The highest BCUT2D eigenvalue weighted by Gasteiger charge is 2.13. The molecule has 0 spiro atoms. The molecule has 0 saturated carbocycles. The monoisotopic (exact) mass is 534 g/mol. The minimum absolute atomic E-state index is 0.188. The molecule has 1 heterocycles. The van der Waals surface area contributed by atoms with Gasteiger partial charge in [-0.2, -0.15) is 0 Å². The number of carbonyl (C=O) groups is 1. The lowest BCUT2D eigenvalue weighted by Crippen LogP contribution is -2.20. The van der Waals surface area contributed by atoms with Gasteiger partial charge >= 0.3 is 0 Å². The number of nitrogens with zero attached hydrogens (tertiary/aromatic N) is 1. The van der Waals surface area contributed by atoms with Gasteiger partial charge in [0.15, 0.2) is 34.7 Å². The molecule has 3 aromatic carbocycles. The standard InChI is InChI=1S/C29H30N2O6S/c1-6-18-9-11-21-26(16-18)38-29(30-21)31-27(32)17-37-23-13-19(10-12-22(23)33-2)7-8-20-14-24(34-3)28(36-5)25(15-20)35-4/h7-16H,6,17H2,1-5H3,(H,30,31,32). The van der Waals surface area contributed by atoms with Crippen LogP contribution in [0.5, 0.6) is 28.7 Å². The van der Waals surface area contributed by atoms with Crippen LogP contribution in [0.3, 0.4) is 0 Å². The Morgan fingerprint density at radius 1 is 0.842 bits per heavy atom. The highest BCUT2D eigenvalue weighted by Crippen LogP contribution is 2.39. The van der Waals surface area contributed by atoms with Gasteiger partial charge in [-0.15, -0.1) is 0 Å². The fourth-order valence-electron chi connectivity index (χ4n) is 3.84. The zero-order valence-electron chi connectivity index (χ0n) is 22.0. The van der Waals surface area contributed by atoms with Gasteiger partial charge in [-0.05, 0) is 59.5 Å². The summed E-state index contributed by atoms with van der Waals surface area (Å²) in [6.07, 6.45) is 4.78. The van der Waals surface area contributed by atoms with Crippen molar-refractivity contribution >= 4 is 44.7 Å². The predicted octanol–water partition coefficient (Wildman–Crippen LogP) is 6.08. The number of carbonyl (C=O) groups excluding carboxylic acids is 1. The van der Waals surface area contributed by atoms with E-state index in [2.05, 4.69) is 23.3 Å². The summed E-state index contributed by atoms with van der Waals surface area (Å²) < 4.78 is 28.5. The third-order valence-corrected chi connectivity index (χ3v) is 6.74. The SMILES string of the molecule is CCc1ccc2nc(NC(=O)COc3cc(C=Cc4cc(OC)c(OC)c(OC)c4)ccc3OC)sc2c1. The van der Waals surface area contributed by atoms with Crippen LogP contribution in [0.25, 0.3) is 22.4 Å². The van der Waals surface area contributed by atoms with Crippen LogP contribution in [0.2, 0.25) is 0 Å². The van der Waals surface area contributed by atoms with Gasteiger partial charge in [0, 0.05) is 0 Å². The molecular formula is C29H30N2O6S. The second-order valence-corrected chi connectivity index (χ2v) is 9.24. The predicted molar refractivity (Wildman–Crippen MR) is 151 cm³/mol. The van der Waals surface area contributed by atoms with Crippen molar-refractivity contribution in [3.05, 3.63) is 65.2 Å². The molecular weight excluding hydrogens is 504 g/mol. The quantitative estimate of drug-likeness (QED) is 0.233. The largest absolute Gasteiger partial charge is 0.493 e. The van der Waals surface area contributed by atoms with E-state index in [0.29, 0.717) is 33.9 Å². The molecule has 0 bridgehead atoms. The molecule has 0 radical (unpaired) electrons. The molecule has 1 amide bonds. The van der Waals surface area contributed by atoms with Gasteiger partial charge in [-0.25, -0.2) is 4.98 Å². The highest BCUT2D eigenvalue weighted by atomic mass is 32.1. The number of aromatic nitrogens is 1. The molecule has 0 aliphatic heterocycles. The first-order valence-corrected chi connectivity index (χ1v) is 12.8. The number of fused-ring (bicyclic) bond motifs is 1. The molecule has 0 fully saturated rings. The van der Waals surface area contributed by atoms with E-state index in [1.54, 1.807) is 34.5 Å². The van der Waals surface area contributed by atoms with E-state index < -0.39 is 0 Å². The van der Waals surface area contributed by atoms with Crippen molar-refractivity contribution in [1.29, 1.82) is 0 Å². The lowest BCUT2D eigenvalue weighted by Gasteiger charge is -2.13. The first-order chi connectivity index (χ1) is 18.5. The van der Waals surface area contributed by atoms with Crippen LogP contribution >= 0.6 is 11.3 Å². The number of amides is 1. The Morgan fingerprint density at radius 3 is 2.18 bits per heavy atom. The number of methoxy groups -OCH3 is 4. The molecule has 0 unspecified atom stereocenters. The Kier molecular flexibility index (Phi) is 8.70. The molecule has 0 aliphatic carbocycles. The van der Waals surface area contributed by atoms with Gasteiger partial charge in [0.25, 0.3) is 5.91 Å². The molecule has 9 heteroatoms. The maximum Gasteiger partial charge on any atom is 0.264 e. The number of thiazole rings is 1. The number of anilines is 1. The summed E-state index contributed by atoms with van der Waals surface area (Å²) >= 11 is 1.44. The van der Waals surface area contributed by atoms with Crippen molar-refractivity contribution in [3.63, 3.8) is 0 Å². The van der Waals surface area contributed by atoms with E-state index in [1.807, 2.05) is 48.6 Å². The Hall–Kier alpha value is -4.24. The average Bonchev–Trinajstić information content (AvgIpc) is 3.35. The van der Waals surface area contributed by atoms with E-state index in [9.17, 15) is 4.79 Å². The van der Waals surface area contributed by atoms with E-state index in [4.69, 9.17) is 23.7 Å². The Morgan fingerprint density at radius 2 is 1.53 bits per heavy atom. The number of ether oxygens (including phenoxy) is 5. The maximum absolute atomic E-state index is 12.6. The minimum Gasteiger partial charge on any atom is -0.493 e. The van der Waals surface area contributed by atoms with E-state index in [-0.39, 0.29) is 12.5 Å². The second kappa shape index (κ2) is 12.3. The molecule has 1 aromatic heterocycles. The Bertz CT molecular complexity index is 1440. The molecule has 0 saturated heterocycles. The van der Waals surface area contributed by atoms with Crippen LogP contribution in [0.4, 0.5) is 5.13 Å². The summed E-state index contributed by atoms with van der Waals surface area (Å²) in [6.45, 7) is 1.92. The van der Waals surface area contributed by atoms with Gasteiger partial charge in [0.05, 0.1) is 38.7 Å². The molecule has 38 heavy (non-hydrogen) atoms. The van der Waals surface area contributed by atoms with Crippen molar-refractivity contribution < 1.29 is 28.5 Å². The molecule has 4 aromatic rings. The molecule has 8 nitrogen and oxygen atoms in total. The zero-order valence-corrected chi connectivity index (χ0v) is 22.8. The van der Waals surface area contributed by atoms with Gasteiger partial charge < -0.3 is 23.7 Å². The van der Waals surface area contributed by atoms with Gasteiger partial charge in [0.2, 0.25) is 5.75 Å². The van der Waals surface area contributed by atoms with E-state index >= 15 is 0 Å². The molecule has 1 N–H and O–H groups in total. The van der Waals surface area contributed by atoms with Crippen molar-refractivity contribution in [2.75, 3.05) is 40.4 Å². The normalized spacial score (nSPS) is 11.0. The van der Waals surface area contributed by atoms with Crippen LogP contribution in [0.15, 0.2) is 48.5 Å². The zero-order chi connectivity index (χ0) is 27.1. The average molecular weight is 535 g/mol. The van der Waals surface area contributed by atoms with E-state index in [1.165, 1.54) is 16.9 Å². The molecule has 0 aliphatic rings. The molecule has 198 valence electrons. The number of aryl methyl sites for hydroxylation is 1. The van der Waals surface area contributed by atoms with Gasteiger partial charge in [0.1, 0.15) is 0 Å². The second-order valence-electron chi connectivity index (χ2n) is 8.21. The van der Waals surface area contributed by atoms with Gasteiger partial charge in [-0.3, -0.25) is 10.1 Å². The summed E-state index contributed by atoms with van der Waals surface area (Å²) in [5.74, 6) is 2.33. The molecule has 0 atom stereocenters. The Balaban J connectivity index is 1.46. The fraction of sp³-hybridized carbons (Fsp3) is 0.241. The van der Waals surface area contributed by atoms with Crippen molar-refractivity contribution in [1.82, 2.24) is 4.98 Å². The van der Waals surface area contributed by atoms with Crippen LogP contribution in [-0.2, 0) is 11.2 Å². The lowest BCUT2D eigenvalue weighted by atomic mass is 10.1. The van der Waals surface area contributed by atoms with Crippen LogP contribution < -0.4 is 29.0 Å². The van der Waals surface area contributed by atoms with Crippen LogP contribution in [0, 0.1) is 0 Å². The number of nitrogens with one attached hydrogen (secondary N) is 1. The summed E-state index contributed by atoms with van der Waals surface area (Å²) in [5, 5.41) is 3.36. The maximum atomic E-state index is 12.6. The van der Waals surface area contributed by atoms with Gasteiger partial charge in [-0.1, -0.05) is 42.5 Å². The first-order valence-electron chi connectivity index (χ1n) is 12.0. The lowest BCUT2D eigenvalue weighted by molar-refractivity contribution is -0.118. The summed E-state index contributed by atoms with van der Waals surface area (Å²) in [5.41, 5.74) is 3.80. The third-order valence-electron chi connectivity index (χ3n) is 5.81.